The van der Waals surface area contributed by atoms with Gasteiger partial charge in [-0.2, -0.15) is 11.8 Å². The average molecular weight is 258 g/mol. The summed E-state index contributed by atoms with van der Waals surface area (Å²) in [5.41, 5.74) is 0. The van der Waals surface area contributed by atoms with Crippen LogP contribution in [0.4, 0.5) is 4.79 Å². The second kappa shape index (κ2) is 5.48. The molecule has 0 saturated carbocycles. The highest BCUT2D eigenvalue weighted by Crippen LogP contribution is 2.30. The molecule has 0 aromatic heterocycles. The maximum absolute atomic E-state index is 12.3. The van der Waals surface area contributed by atoms with Gasteiger partial charge in [0.25, 0.3) is 0 Å². The Morgan fingerprint density at radius 3 is 2.47 bits per heavy atom. The topological polar surface area (TPSA) is 32.8 Å². The summed E-state index contributed by atoms with van der Waals surface area (Å²) in [5, 5.41) is 0. The minimum atomic E-state index is 0.201. The fraction of sp³-hybridized carbons (Fsp3) is 0.917. The number of urea groups is 1. The number of nitrogens with zero attached hydrogens (tertiary/aromatic N) is 2. The van der Waals surface area contributed by atoms with Gasteiger partial charge in [-0.15, -0.1) is 0 Å². The third kappa shape index (κ3) is 3.52. The Hall–Kier alpha value is -0.420. The van der Waals surface area contributed by atoms with Gasteiger partial charge in [0.1, 0.15) is 0 Å². The van der Waals surface area contributed by atoms with Crippen molar-refractivity contribution in [1.29, 1.82) is 0 Å². The van der Waals surface area contributed by atoms with E-state index in [1.165, 1.54) is 0 Å². The van der Waals surface area contributed by atoms with Crippen LogP contribution in [-0.2, 0) is 4.74 Å². The minimum absolute atomic E-state index is 0.201. The standard InChI is InChI=1S/C12H22N2O2S/c1-12(2)3-4-13(7-10-17-12)11(15)14-5-8-16-9-6-14/h3-10H2,1-2H3. The Bertz CT molecular complexity index is 278. The highest BCUT2D eigenvalue weighted by molar-refractivity contribution is 8.00. The summed E-state index contributed by atoms with van der Waals surface area (Å²) in [6, 6.07) is 0.201. The molecule has 17 heavy (non-hydrogen) atoms. The normalized spacial score (nSPS) is 25.5. The van der Waals surface area contributed by atoms with Crippen LogP contribution in [0.2, 0.25) is 0 Å². The number of carbonyl (C=O) groups excluding carboxylic acids is 1. The van der Waals surface area contributed by atoms with Crippen molar-refractivity contribution in [3.05, 3.63) is 0 Å². The number of carbonyl (C=O) groups is 1. The molecule has 0 aliphatic carbocycles. The first kappa shape index (κ1) is 13.0. The Balaban J connectivity index is 1.90. The zero-order chi connectivity index (χ0) is 12.3. The number of rotatable bonds is 0. The summed E-state index contributed by atoms with van der Waals surface area (Å²) in [6.45, 7) is 9.14. The van der Waals surface area contributed by atoms with Crippen LogP contribution in [0, 0.1) is 0 Å². The van der Waals surface area contributed by atoms with Gasteiger partial charge in [-0.3, -0.25) is 0 Å². The predicted octanol–water partition coefficient (Wildman–Crippen LogP) is 1.66. The number of hydrogen-bond donors (Lipinski definition) is 0. The summed E-state index contributed by atoms with van der Waals surface area (Å²) in [7, 11) is 0. The molecule has 2 amide bonds. The van der Waals surface area contributed by atoms with Gasteiger partial charge in [0.15, 0.2) is 0 Å². The maximum atomic E-state index is 12.3. The van der Waals surface area contributed by atoms with Crippen LogP contribution in [0.5, 0.6) is 0 Å². The van der Waals surface area contributed by atoms with Gasteiger partial charge >= 0.3 is 6.03 Å². The third-order valence-corrected chi connectivity index (χ3v) is 4.76. The van der Waals surface area contributed by atoms with Crippen LogP contribution < -0.4 is 0 Å². The molecule has 2 fully saturated rings. The lowest BCUT2D eigenvalue weighted by molar-refractivity contribution is 0.0437. The Labute approximate surface area is 108 Å². The van der Waals surface area contributed by atoms with E-state index >= 15 is 0 Å². The first-order chi connectivity index (χ1) is 8.08. The molecule has 0 atom stereocenters. The van der Waals surface area contributed by atoms with Gasteiger partial charge in [0.05, 0.1) is 13.2 Å². The van der Waals surface area contributed by atoms with Crippen molar-refractivity contribution < 1.29 is 9.53 Å². The molecular weight excluding hydrogens is 236 g/mol. The number of hydrogen-bond acceptors (Lipinski definition) is 3. The van der Waals surface area contributed by atoms with E-state index in [4.69, 9.17) is 4.74 Å². The summed E-state index contributed by atoms with van der Waals surface area (Å²) < 4.78 is 5.58. The van der Waals surface area contributed by atoms with Crippen molar-refractivity contribution >= 4 is 17.8 Å². The lowest BCUT2D eigenvalue weighted by atomic mass is 10.1. The number of ether oxygens (including phenoxy) is 1. The van der Waals surface area contributed by atoms with E-state index in [9.17, 15) is 4.79 Å². The molecule has 2 heterocycles. The van der Waals surface area contributed by atoms with Crippen molar-refractivity contribution in [1.82, 2.24) is 9.80 Å². The number of amides is 2. The van der Waals surface area contributed by atoms with Gasteiger partial charge < -0.3 is 14.5 Å². The van der Waals surface area contributed by atoms with Crippen LogP contribution in [0.1, 0.15) is 20.3 Å². The predicted molar refractivity (Wildman–Crippen MR) is 70.5 cm³/mol. The largest absolute Gasteiger partial charge is 0.378 e. The lowest BCUT2D eigenvalue weighted by Gasteiger charge is -2.32. The molecule has 0 N–H and O–H groups in total. The van der Waals surface area contributed by atoms with E-state index in [-0.39, 0.29) is 6.03 Å². The zero-order valence-electron chi connectivity index (χ0n) is 10.8. The van der Waals surface area contributed by atoms with Crippen molar-refractivity contribution in [2.45, 2.75) is 25.0 Å². The molecule has 4 nitrogen and oxygen atoms in total. The second-order valence-electron chi connectivity index (χ2n) is 5.23. The molecule has 2 saturated heterocycles. The van der Waals surface area contributed by atoms with Crippen LogP contribution in [0.15, 0.2) is 0 Å². The lowest BCUT2D eigenvalue weighted by Crippen LogP contribution is -2.48. The smallest absolute Gasteiger partial charge is 0.320 e. The van der Waals surface area contributed by atoms with Crippen molar-refractivity contribution in [2.75, 3.05) is 45.1 Å². The fourth-order valence-electron chi connectivity index (χ4n) is 2.17. The molecular formula is C12H22N2O2S. The molecule has 0 unspecified atom stereocenters. The van der Waals surface area contributed by atoms with Crippen LogP contribution in [0.3, 0.4) is 0 Å². The molecule has 5 heteroatoms. The maximum Gasteiger partial charge on any atom is 0.320 e. The SMILES string of the molecule is CC1(C)CCN(C(=O)N2CCOCC2)CCS1. The van der Waals surface area contributed by atoms with Crippen LogP contribution in [-0.4, -0.2) is 65.7 Å². The minimum Gasteiger partial charge on any atom is -0.378 e. The van der Waals surface area contributed by atoms with E-state index in [1.54, 1.807) is 0 Å². The van der Waals surface area contributed by atoms with E-state index < -0.39 is 0 Å². The first-order valence-electron chi connectivity index (χ1n) is 6.34. The molecule has 2 aliphatic heterocycles. The van der Waals surface area contributed by atoms with E-state index in [2.05, 4.69) is 13.8 Å². The molecule has 0 aromatic carbocycles. The summed E-state index contributed by atoms with van der Waals surface area (Å²) in [6.07, 6.45) is 1.08. The Morgan fingerprint density at radius 1 is 1.12 bits per heavy atom. The molecule has 0 spiro atoms. The van der Waals surface area contributed by atoms with E-state index in [0.717, 1.165) is 38.4 Å². The van der Waals surface area contributed by atoms with Gasteiger partial charge in [0.2, 0.25) is 0 Å². The third-order valence-electron chi connectivity index (χ3n) is 3.39. The zero-order valence-corrected chi connectivity index (χ0v) is 11.6. The van der Waals surface area contributed by atoms with Gasteiger partial charge in [0, 0.05) is 36.7 Å². The van der Waals surface area contributed by atoms with E-state index in [0.29, 0.717) is 18.0 Å². The summed E-state index contributed by atoms with van der Waals surface area (Å²) >= 11 is 1.97. The highest BCUT2D eigenvalue weighted by Gasteiger charge is 2.28. The Morgan fingerprint density at radius 2 is 1.76 bits per heavy atom. The average Bonchev–Trinajstić information content (AvgIpc) is 2.50. The second-order valence-corrected chi connectivity index (χ2v) is 7.03. The summed E-state index contributed by atoms with van der Waals surface area (Å²) in [5.74, 6) is 1.04. The summed E-state index contributed by atoms with van der Waals surface area (Å²) in [4.78, 5) is 16.2. The fourth-order valence-corrected chi connectivity index (χ4v) is 3.27. The van der Waals surface area contributed by atoms with Crippen molar-refractivity contribution in [2.24, 2.45) is 0 Å². The highest BCUT2D eigenvalue weighted by atomic mass is 32.2. The quantitative estimate of drug-likeness (QED) is 0.662. The van der Waals surface area contributed by atoms with Gasteiger partial charge in [-0.25, -0.2) is 4.79 Å². The molecule has 0 radical (unpaired) electrons. The molecule has 2 aliphatic rings. The molecule has 98 valence electrons. The first-order valence-corrected chi connectivity index (χ1v) is 7.33. The molecule has 0 aromatic rings. The number of morpholine rings is 1. The van der Waals surface area contributed by atoms with Crippen LogP contribution in [0.25, 0.3) is 0 Å². The monoisotopic (exact) mass is 258 g/mol. The van der Waals surface area contributed by atoms with Gasteiger partial charge in [-0.05, 0) is 6.42 Å². The van der Waals surface area contributed by atoms with Crippen LogP contribution >= 0.6 is 11.8 Å². The Kier molecular flexibility index (Phi) is 4.20. The molecule has 2 rings (SSSR count). The number of thioether (sulfide) groups is 1. The van der Waals surface area contributed by atoms with Gasteiger partial charge in [-0.1, -0.05) is 13.8 Å². The molecule has 0 bridgehead atoms. The van der Waals surface area contributed by atoms with E-state index in [1.807, 2.05) is 21.6 Å². The van der Waals surface area contributed by atoms with Crippen molar-refractivity contribution in [3.63, 3.8) is 0 Å². The van der Waals surface area contributed by atoms with Crippen molar-refractivity contribution in [3.8, 4) is 0 Å².